The molecule has 0 N–H and O–H groups in total. The largest absolute Gasteiger partial charge is 0.308 e. The predicted molar refractivity (Wildman–Crippen MR) is 221 cm³/mol. The molecular weight excluding hydrogens is 657 g/mol. The first-order chi connectivity index (χ1) is 25.2. The van der Waals surface area contributed by atoms with Crippen LogP contribution in [0.25, 0.3) is 64.9 Å². The molecule has 2 nitrogen and oxygen atoms in total. The Labute approximate surface area is 307 Å². The highest BCUT2D eigenvalue weighted by Crippen LogP contribution is 2.50. The minimum atomic E-state index is 0.881. The van der Waals surface area contributed by atoms with Gasteiger partial charge >= 0.3 is 0 Å². The Bertz CT molecular complexity index is 2610. The summed E-state index contributed by atoms with van der Waals surface area (Å²) in [4.78, 5) is 8.46. The fourth-order valence-corrected chi connectivity index (χ4v) is 8.40. The van der Waals surface area contributed by atoms with Crippen molar-refractivity contribution in [2.45, 2.75) is 4.90 Å². The van der Waals surface area contributed by atoms with Crippen LogP contribution >= 0.6 is 24.0 Å². The fourth-order valence-electron chi connectivity index (χ4n) is 6.95. The Hall–Kier alpha value is -5.94. The van der Waals surface area contributed by atoms with Gasteiger partial charge in [0.1, 0.15) is 5.01 Å². The molecule has 0 saturated carbocycles. The molecule has 242 valence electrons. The second kappa shape index (κ2) is 13.4. The van der Waals surface area contributed by atoms with Gasteiger partial charge in [-0.25, -0.2) is 4.98 Å². The Morgan fingerprint density at radius 2 is 1.00 bits per heavy atom. The van der Waals surface area contributed by atoms with Crippen LogP contribution in [0.3, 0.4) is 0 Å². The summed E-state index contributed by atoms with van der Waals surface area (Å²) in [5, 5.41) is 3.46. The molecule has 0 fully saturated rings. The molecule has 9 aromatic rings. The Balaban J connectivity index is 1.28. The van der Waals surface area contributed by atoms with E-state index in [-0.39, 0.29) is 0 Å². The predicted octanol–water partition coefficient (Wildman–Crippen LogP) is 13.9. The summed E-state index contributed by atoms with van der Waals surface area (Å²) in [5.41, 5.74) is 12.1. The standard InChI is InChI=1S/C47H32N2S2/c50-43-31-42-46(51-47(48-42)37-18-8-3-9-19-37)45(44(43)36-16-6-2-7-17-36)49(38-27-23-33(24-28-38)32-13-4-1-5-14-32)39-29-25-35(26-30-39)41-22-12-20-34-15-10-11-21-40(34)41/h1-31,50H. The molecule has 0 aliphatic rings. The van der Waals surface area contributed by atoms with E-state index in [2.05, 4.69) is 187 Å². The van der Waals surface area contributed by atoms with Crippen LogP contribution in [0.4, 0.5) is 17.1 Å². The number of nitrogens with zero attached hydrogens (tertiary/aromatic N) is 2. The van der Waals surface area contributed by atoms with Crippen molar-refractivity contribution in [3.8, 4) is 44.0 Å². The van der Waals surface area contributed by atoms with Gasteiger partial charge in [-0.2, -0.15) is 0 Å². The highest BCUT2D eigenvalue weighted by Gasteiger charge is 2.25. The van der Waals surface area contributed by atoms with Crippen molar-refractivity contribution in [3.05, 3.63) is 188 Å². The van der Waals surface area contributed by atoms with Crippen molar-refractivity contribution in [2.75, 3.05) is 4.90 Å². The van der Waals surface area contributed by atoms with Crippen molar-refractivity contribution < 1.29 is 0 Å². The van der Waals surface area contributed by atoms with E-state index in [0.717, 1.165) is 53.9 Å². The van der Waals surface area contributed by atoms with Crippen molar-refractivity contribution in [1.82, 2.24) is 4.98 Å². The first-order valence-electron chi connectivity index (χ1n) is 17.0. The van der Waals surface area contributed by atoms with E-state index in [1.165, 1.54) is 33.0 Å². The van der Waals surface area contributed by atoms with Crippen LogP contribution in [0.2, 0.25) is 0 Å². The number of hydrogen-bond donors (Lipinski definition) is 1. The lowest BCUT2D eigenvalue weighted by Crippen LogP contribution is -2.12. The van der Waals surface area contributed by atoms with Crippen molar-refractivity contribution in [3.63, 3.8) is 0 Å². The minimum absolute atomic E-state index is 0.881. The van der Waals surface area contributed by atoms with Gasteiger partial charge in [0.2, 0.25) is 0 Å². The Kier molecular flexibility index (Phi) is 8.17. The molecule has 0 radical (unpaired) electrons. The van der Waals surface area contributed by atoms with E-state index in [1.54, 1.807) is 11.3 Å². The van der Waals surface area contributed by atoms with Gasteiger partial charge in [-0.05, 0) is 68.9 Å². The number of benzene rings is 8. The van der Waals surface area contributed by atoms with Gasteiger partial charge in [0, 0.05) is 27.4 Å². The van der Waals surface area contributed by atoms with E-state index in [0.29, 0.717) is 0 Å². The summed E-state index contributed by atoms with van der Waals surface area (Å²) < 4.78 is 1.11. The summed E-state index contributed by atoms with van der Waals surface area (Å²) in [6.07, 6.45) is 0. The van der Waals surface area contributed by atoms with E-state index in [1.807, 2.05) is 6.07 Å². The summed E-state index contributed by atoms with van der Waals surface area (Å²) in [6, 6.07) is 66.7. The normalized spacial score (nSPS) is 11.2. The third-order valence-corrected chi connectivity index (χ3v) is 10.9. The molecule has 0 spiro atoms. The van der Waals surface area contributed by atoms with E-state index >= 15 is 0 Å². The van der Waals surface area contributed by atoms with Gasteiger partial charge in [-0.15, -0.1) is 24.0 Å². The molecule has 1 aromatic heterocycles. The van der Waals surface area contributed by atoms with E-state index in [4.69, 9.17) is 17.6 Å². The van der Waals surface area contributed by atoms with Crippen LogP contribution in [0, 0.1) is 0 Å². The second-order valence-corrected chi connectivity index (χ2v) is 14.0. The lowest BCUT2D eigenvalue weighted by molar-refractivity contribution is 1.28. The number of aromatic nitrogens is 1. The molecule has 0 atom stereocenters. The maximum absolute atomic E-state index is 5.19. The molecule has 51 heavy (non-hydrogen) atoms. The highest BCUT2D eigenvalue weighted by atomic mass is 32.1. The minimum Gasteiger partial charge on any atom is -0.308 e. The van der Waals surface area contributed by atoms with E-state index < -0.39 is 0 Å². The van der Waals surface area contributed by atoms with Crippen LogP contribution in [0.15, 0.2) is 193 Å². The first kappa shape index (κ1) is 31.1. The molecule has 0 saturated heterocycles. The lowest BCUT2D eigenvalue weighted by Gasteiger charge is -2.29. The molecule has 0 aliphatic carbocycles. The van der Waals surface area contributed by atoms with Crippen LogP contribution in [-0.4, -0.2) is 4.98 Å². The zero-order valence-corrected chi connectivity index (χ0v) is 29.4. The fraction of sp³-hybridized carbons (Fsp3) is 0. The molecule has 0 aliphatic heterocycles. The molecule has 0 amide bonds. The van der Waals surface area contributed by atoms with Crippen molar-refractivity contribution in [2.24, 2.45) is 0 Å². The Morgan fingerprint density at radius 1 is 0.471 bits per heavy atom. The first-order valence-corrected chi connectivity index (χ1v) is 18.3. The second-order valence-electron chi connectivity index (χ2n) is 12.5. The number of thiol groups is 1. The summed E-state index contributed by atoms with van der Waals surface area (Å²) in [5.74, 6) is 0. The molecular formula is C47H32N2S2. The van der Waals surface area contributed by atoms with E-state index in [9.17, 15) is 0 Å². The molecule has 0 unspecified atom stereocenters. The van der Waals surface area contributed by atoms with Crippen LogP contribution in [0.5, 0.6) is 0 Å². The molecule has 1 heterocycles. The van der Waals surface area contributed by atoms with Crippen LogP contribution < -0.4 is 4.90 Å². The topological polar surface area (TPSA) is 16.1 Å². The quantitative estimate of drug-likeness (QED) is 0.168. The van der Waals surface area contributed by atoms with Gasteiger partial charge < -0.3 is 4.90 Å². The maximum atomic E-state index is 5.19. The number of rotatable bonds is 7. The summed E-state index contributed by atoms with van der Waals surface area (Å²) >= 11 is 6.90. The van der Waals surface area contributed by atoms with Crippen LogP contribution in [0.1, 0.15) is 0 Å². The molecule has 9 rings (SSSR count). The maximum Gasteiger partial charge on any atom is 0.124 e. The van der Waals surface area contributed by atoms with Gasteiger partial charge in [-0.3, -0.25) is 0 Å². The van der Waals surface area contributed by atoms with Crippen molar-refractivity contribution >= 4 is 62.0 Å². The average Bonchev–Trinajstić information content (AvgIpc) is 3.63. The summed E-state index contributed by atoms with van der Waals surface area (Å²) in [6.45, 7) is 0. The molecule has 0 bridgehead atoms. The third kappa shape index (κ3) is 5.89. The molecule has 4 heteroatoms. The number of thiazole rings is 1. The smallest absolute Gasteiger partial charge is 0.124 e. The zero-order chi connectivity index (χ0) is 34.1. The zero-order valence-electron chi connectivity index (χ0n) is 27.6. The molecule has 8 aromatic carbocycles. The summed E-state index contributed by atoms with van der Waals surface area (Å²) in [7, 11) is 0. The number of fused-ring (bicyclic) bond motifs is 2. The Morgan fingerprint density at radius 3 is 1.67 bits per heavy atom. The van der Waals surface area contributed by atoms with Crippen molar-refractivity contribution in [1.29, 1.82) is 0 Å². The van der Waals surface area contributed by atoms with Crippen LogP contribution in [-0.2, 0) is 0 Å². The van der Waals surface area contributed by atoms with Gasteiger partial charge in [-0.1, -0.05) is 158 Å². The SMILES string of the molecule is Sc1cc2nc(-c3ccccc3)sc2c(N(c2ccc(-c3ccccc3)cc2)c2ccc(-c3cccc4ccccc34)cc2)c1-c1ccccc1. The van der Waals surface area contributed by atoms with Gasteiger partial charge in [0.05, 0.1) is 15.9 Å². The monoisotopic (exact) mass is 688 g/mol. The van der Waals surface area contributed by atoms with Gasteiger partial charge in [0.15, 0.2) is 0 Å². The lowest BCUT2D eigenvalue weighted by atomic mass is 9.97. The highest BCUT2D eigenvalue weighted by molar-refractivity contribution is 7.80. The van der Waals surface area contributed by atoms with Gasteiger partial charge in [0.25, 0.3) is 0 Å². The third-order valence-electron chi connectivity index (χ3n) is 9.40. The number of hydrogen-bond acceptors (Lipinski definition) is 4. The number of anilines is 3. The average molecular weight is 689 g/mol.